The van der Waals surface area contributed by atoms with Crippen LogP contribution < -0.4 is 4.74 Å². The topological polar surface area (TPSA) is 9.23 Å². The standard InChI is InChI=1S/C32H30O/c1-21-22(2)24(4)31(25(5)23(21)3)27-17-16-26-18-19-32(33-30(26)20-27,28-12-8-6-9-13-28)29-14-10-7-11-15-29/h6-20H,1-5H3. The smallest absolute Gasteiger partial charge is 0.178 e. The van der Waals surface area contributed by atoms with Gasteiger partial charge in [0.05, 0.1) is 0 Å². The SMILES string of the molecule is Cc1c(C)c(C)c(-c2ccc3c(c2)OC(c2ccccc2)(c2ccccc2)C=C3)c(C)c1C. The first-order chi connectivity index (χ1) is 15.9. The number of hydrogen-bond donors (Lipinski definition) is 0. The Morgan fingerprint density at radius 2 is 1.09 bits per heavy atom. The largest absolute Gasteiger partial charge is 0.473 e. The highest BCUT2D eigenvalue weighted by Gasteiger charge is 2.37. The van der Waals surface area contributed by atoms with Gasteiger partial charge in [0.2, 0.25) is 0 Å². The van der Waals surface area contributed by atoms with Gasteiger partial charge in [-0.15, -0.1) is 0 Å². The van der Waals surface area contributed by atoms with Crippen LogP contribution in [-0.2, 0) is 5.60 Å². The first kappa shape index (κ1) is 21.3. The Morgan fingerprint density at radius 1 is 0.576 bits per heavy atom. The molecule has 33 heavy (non-hydrogen) atoms. The Balaban J connectivity index is 1.68. The van der Waals surface area contributed by atoms with Gasteiger partial charge in [0.1, 0.15) is 5.75 Å². The van der Waals surface area contributed by atoms with Gasteiger partial charge >= 0.3 is 0 Å². The summed E-state index contributed by atoms with van der Waals surface area (Å²) in [5, 5.41) is 0. The second-order valence-corrected chi connectivity index (χ2v) is 9.16. The molecule has 0 aliphatic carbocycles. The highest BCUT2D eigenvalue weighted by molar-refractivity contribution is 5.78. The van der Waals surface area contributed by atoms with Gasteiger partial charge in [0, 0.05) is 16.7 Å². The van der Waals surface area contributed by atoms with Gasteiger partial charge in [-0.2, -0.15) is 0 Å². The van der Waals surface area contributed by atoms with Crippen molar-refractivity contribution in [3.8, 4) is 16.9 Å². The van der Waals surface area contributed by atoms with Crippen molar-refractivity contribution in [3.05, 3.63) is 129 Å². The molecule has 0 spiro atoms. The van der Waals surface area contributed by atoms with E-state index in [9.17, 15) is 0 Å². The summed E-state index contributed by atoms with van der Waals surface area (Å²) in [5.74, 6) is 0.914. The van der Waals surface area contributed by atoms with Crippen LogP contribution in [0.2, 0.25) is 0 Å². The normalized spacial score (nSPS) is 14.0. The van der Waals surface area contributed by atoms with Crippen LogP contribution in [0.5, 0.6) is 5.75 Å². The van der Waals surface area contributed by atoms with E-state index in [0.717, 1.165) is 22.4 Å². The van der Waals surface area contributed by atoms with Crippen LogP contribution in [0.4, 0.5) is 0 Å². The Bertz CT molecular complexity index is 1290. The van der Waals surface area contributed by atoms with E-state index in [1.165, 1.54) is 38.9 Å². The zero-order chi connectivity index (χ0) is 23.2. The fraction of sp³-hybridized carbons (Fsp3) is 0.188. The third-order valence-electron chi connectivity index (χ3n) is 7.48. The zero-order valence-electron chi connectivity index (χ0n) is 20.1. The molecule has 1 heteroatoms. The number of ether oxygens (including phenoxy) is 1. The van der Waals surface area contributed by atoms with Crippen LogP contribution >= 0.6 is 0 Å². The predicted molar refractivity (Wildman–Crippen MR) is 139 cm³/mol. The Kier molecular flexibility index (Phi) is 5.21. The van der Waals surface area contributed by atoms with E-state index < -0.39 is 5.60 Å². The lowest BCUT2D eigenvalue weighted by Gasteiger charge is -2.36. The summed E-state index contributed by atoms with van der Waals surface area (Å²) < 4.78 is 6.93. The summed E-state index contributed by atoms with van der Waals surface area (Å²) in [6.07, 6.45) is 4.39. The molecule has 0 saturated heterocycles. The van der Waals surface area contributed by atoms with Crippen molar-refractivity contribution in [2.45, 2.75) is 40.2 Å². The van der Waals surface area contributed by atoms with Crippen LogP contribution in [0.1, 0.15) is 44.5 Å². The highest BCUT2D eigenvalue weighted by Crippen LogP contribution is 2.44. The first-order valence-electron chi connectivity index (χ1n) is 11.6. The summed E-state index contributed by atoms with van der Waals surface area (Å²) in [5.41, 5.74) is 12.0. The average Bonchev–Trinajstić information content (AvgIpc) is 2.87. The summed E-state index contributed by atoms with van der Waals surface area (Å²) in [6, 6.07) is 27.6. The van der Waals surface area contributed by atoms with Crippen molar-refractivity contribution in [1.82, 2.24) is 0 Å². The van der Waals surface area contributed by atoms with Gasteiger partial charge in [0.25, 0.3) is 0 Å². The first-order valence-corrected chi connectivity index (χ1v) is 11.6. The number of benzene rings is 4. The zero-order valence-corrected chi connectivity index (χ0v) is 20.1. The lowest BCUT2D eigenvalue weighted by Crippen LogP contribution is -2.34. The van der Waals surface area contributed by atoms with E-state index in [4.69, 9.17) is 4.74 Å². The minimum Gasteiger partial charge on any atom is -0.473 e. The molecule has 0 saturated carbocycles. The molecule has 1 nitrogen and oxygen atoms in total. The molecule has 0 bridgehead atoms. The fourth-order valence-electron chi connectivity index (χ4n) is 5.11. The van der Waals surface area contributed by atoms with E-state index >= 15 is 0 Å². The Labute approximate surface area is 197 Å². The molecule has 0 radical (unpaired) electrons. The third-order valence-corrected chi connectivity index (χ3v) is 7.48. The van der Waals surface area contributed by atoms with Crippen LogP contribution in [0.25, 0.3) is 17.2 Å². The fourth-order valence-corrected chi connectivity index (χ4v) is 5.11. The van der Waals surface area contributed by atoms with E-state index in [0.29, 0.717) is 0 Å². The maximum absolute atomic E-state index is 6.93. The Morgan fingerprint density at radius 3 is 1.64 bits per heavy atom. The summed E-state index contributed by atoms with van der Waals surface area (Å²) in [7, 11) is 0. The Hall–Kier alpha value is -3.58. The van der Waals surface area contributed by atoms with Crippen molar-refractivity contribution in [2.24, 2.45) is 0 Å². The summed E-state index contributed by atoms with van der Waals surface area (Å²) in [6.45, 7) is 11.2. The molecule has 1 aliphatic heterocycles. The maximum Gasteiger partial charge on any atom is 0.178 e. The van der Waals surface area contributed by atoms with Gasteiger partial charge in [-0.05, 0) is 85.7 Å². The highest BCUT2D eigenvalue weighted by atomic mass is 16.5. The van der Waals surface area contributed by atoms with Gasteiger partial charge in [0.15, 0.2) is 5.60 Å². The van der Waals surface area contributed by atoms with Crippen LogP contribution in [0, 0.1) is 34.6 Å². The van der Waals surface area contributed by atoms with E-state index in [1.807, 2.05) is 12.1 Å². The summed E-state index contributed by atoms with van der Waals surface area (Å²) in [4.78, 5) is 0. The van der Waals surface area contributed by atoms with Gasteiger partial charge in [-0.1, -0.05) is 78.9 Å². The van der Waals surface area contributed by atoms with Crippen molar-refractivity contribution < 1.29 is 4.74 Å². The van der Waals surface area contributed by atoms with Crippen molar-refractivity contribution in [2.75, 3.05) is 0 Å². The molecule has 0 amide bonds. The van der Waals surface area contributed by atoms with E-state index in [2.05, 4.69) is 114 Å². The molecule has 4 aromatic rings. The molecule has 5 rings (SSSR count). The molecule has 0 atom stereocenters. The van der Waals surface area contributed by atoms with Crippen molar-refractivity contribution >= 4 is 6.08 Å². The molecule has 1 aliphatic rings. The van der Waals surface area contributed by atoms with Crippen LogP contribution in [0.15, 0.2) is 84.9 Å². The van der Waals surface area contributed by atoms with E-state index in [-0.39, 0.29) is 0 Å². The molecule has 0 N–H and O–H groups in total. The number of fused-ring (bicyclic) bond motifs is 1. The second-order valence-electron chi connectivity index (χ2n) is 9.16. The minimum atomic E-state index is -0.655. The van der Waals surface area contributed by atoms with Crippen LogP contribution in [0.3, 0.4) is 0 Å². The second kappa shape index (κ2) is 8.08. The van der Waals surface area contributed by atoms with Gasteiger partial charge in [-0.3, -0.25) is 0 Å². The lowest BCUT2D eigenvalue weighted by atomic mass is 9.83. The van der Waals surface area contributed by atoms with Crippen LogP contribution in [-0.4, -0.2) is 0 Å². The monoisotopic (exact) mass is 430 g/mol. The molecule has 0 unspecified atom stereocenters. The lowest BCUT2D eigenvalue weighted by molar-refractivity contribution is 0.161. The number of rotatable bonds is 3. The minimum absolute atomic E-state index is 0.655. The molecular formula is C32H30O. The molecule has 0 fully saturated rings. The van der Waals surface area contributed by atoms with Gasteiger partial charge < -0.3 is 4.74 Å². The van der Waals surface area contributed by atoms with Crippen molar-refractivity contribution in [1.29, 1.82) is 0 Å². The van der Waals surface area contributed by atoms with Gasteiger partial charge in [-0.25, -0.2) is 0 Å². The van der Waals surface area contributed by atoms with Crippen molar-refractivity contribution in [3.63, 3.8) is 0 Å². The number of hydrogen-bond acceptors (Lipinski definition) is 1. The molecular weight excluding hydrogens is 400 g/mol. The quantitative estimate of drug-likeness (QED) is 0.318. The van der Waals surface area contributed by atoms with E-state index in [1.54, 1.807) is 0 Å². The molecule has 1 heterocycles. The predicted octanol–water partition coefficient (Wildman–Crippen LogP) is 8.25. The third kappa shape index (κ3) is 3.40. The molecule has 164 valence electrons. The maximum atomic E-state index is 6.93. The average molecular weight is 431 g/mol. The molecule has 0 aromatic heterocycles. The summed E-state index contributed by atoms with van der Waals surface area (Å²) >= 11 is 0. The molecule has 4 aromatic carbocycles.